The van der Waals surface area contributed by atoms with Crippen LogP contribution in [0.3, 0.4) is 0 Å². The molecule has 0 radical (unpaired) electrons. The van der Waals surface area contributed by atoms with E-state index >= 15 is 0 Å². The van der Waals surface area contributed by atoms with Crippen molar-refractivity contribution in [3.05, 3.63) is 72.1 Å². The van der Waals surface area contributed by atoms with Crippen molar-refractivity contribution in [3.8, 4) is 5.69 Å². The average molecular weight is 499 g/mol. The maximum Gasteiger partial charge on any atom is 0.243 e. The molecule has 2 heterocycles. The average Bonchev–Trinajstić information content (AvgIpc) is 3.31. The number of ketones is 1. The lowest BCUT2D eigenvalue weighted by atomic mass is 10.2. The number of sulfonamides is 1. The number of thioether (sulfide) groups is 1. The van der Waals surface area contributed by atoms with Gasteiger partial charge in [-0.15, -0.1) is 0 Å². The summed E-state index contributed by atoms with van der Waals surface area (Å²) >= 11 is 1.37. The van der Waals surface area contributed by atoms with Gasteiger partial charge in [-0.2, -0.15) is 4.31 Å². The highest BCUT2D eigenvalue weighted by Crippen LogP contribution is 2.24. The van der Waals surface area contributed by atoms with E-state index in [4.69, 9.17) is 0 Å². The molecule has 0 bridgehead atoms. The number of benzene rings is 2. The molecular formula is C24H26N4O4S2. The second-order valence-corrected chi connectivity index (χ2v) is 10.9. The number of aromatic nitrogens is 2. The molecule has 3 aromatic rings. The van der Waals surface area contributed by atoms with E-state index in [1.807, 2.05) is 42.0 Å². The van der Waals surface area contributed by atoms with E-state index in [0.29, 0.717) is 18.7 Å². The summed E-state index contributed by atoms with van der Waals surface area (Å²) in [5, 5.41) is 0.734. The predicted octanol–water partition coefficient (Wildman–Crippen LogP) is 3.01. The summed E-state index contributed by atoms with van der Waals surface area (Å²) in [7, 11) is -3.68. The lowest BCUT2D eigenvalue weighted by Crippen LogP contribution is -2.50. The molecule has 0 N–H and O–H groups in total. The van der Waals surface area contributed by atoms with Crippen LogP contribution in [0.15, 0.2) is 71.0 Å². The van der Waals surface area contributed by atoms with E-state index in [9.17, 15) is 18.0 Å². The number of carbonyl (C=O) groups excluding carboxylic acids is 2. The zero-order chi connectivity index (χ0) is 24.3. The van der Waals surface area contributed by atoms with Crippen LogP contribution in [0.25, 0.3) is 5.69 Å². The van der Waals surface area contributed by atoms with Gasteiger partial charge < -0.3 is 4.90 Å². The number of nitrogens with zero attached hydrogens (tertiary/aromatic N) is 4. The minimum Gasteiger partial charge on any atom is -0.339 e. The van der Waals surface area contributed by atoms with Gasteiger partial charge in [-0.1, -0.05) is 42.1 Å². The number of rotatable bonds is 7. The smallest absolute Gasteiger partial charge is 0.243 e. The molecule has 0 aliphatic carbocycles. The van der Waals surface area contributed by atoms with Crippen molar-refractivity contribution < 1.29 is 18.0 Å². The van der Waals surface area contributed by atoms with Gasteiger partial charge in [0.1, 0.15) is 0 Å². The molecule has 178 valence electrons. The number of carbonyl (C=O) groups is 2. The van der Waals surface area contributed by atoms with Crippen molar-refractivity contribution in [1.29, 1.82) is 0 Å². The van der Waals surface area contributed by atoms with Crippen molar-refractivity contribution in [1.82, 2.24) is 18.8 Å². The lowest BCUT2D eigenvalue weighted by molar-refractivity contribution is -0.129. The first-order valence-corrected chi connectivity index (χ1v) is 13.3. The van der Waals surface area contributed by atoms with E-state index < -0.39 is 10.0 Å². The number of Topliss-reactive ketones (excluding diaryl/α,β-unsaturated/α-hetero) is 1. The number of piperazine rings is 1. The monoisotopic (exact) mass is 498 g/mol. The third-order valence-electron chi connectivity index (χ3n) is 5.80. The Hall–Kier alpha value is -2.95. The molecule has 4 rings (SSSR count). The lowest BCUT2D eigenvalue weighted by Gasteiger charge is -2.34. The first-order chi connectivity index (χ1) is 16.3. The van der Waals surface area contributed by atoms with Crippen LogP contribution in [0.2, 0.25) is 0 Å². The number of aryl methyl sites for hydroxylation is 1. The zero-order valence-corrected chi connectivity index (χ0v) is 20.7. The van der Waals surface area contributed by atoms with Gasteiger partial charge in [-0.25, -0.2) is 13.4 Å². The Morgan fingerprint density at radius 1 is 1.00 bits per heavy atom. The molecule has 34 heavy (non-hydrogen) atoms. The van der Waals surface area contributed by atoms with Gasteiger partial charge in [0, 0.05) is 44.1 Å². The van der Waals surface area contributed by atoms with Crippen molar-refractivity contribution in [2.45, 2.75) is 23.9 Å². The number of imidazole rings is 1. The highest BCUT2D eigenvalue weighted by Gasteiger charge is 2.30. The second kappa shape index (κ2) is 10.1. The molecule has 8 nitrogen and oxygen atoms in total. The van der Waals surface area contributed by atoms with Crippen LogP contribution in [-0.2, 0) is 14.8 Å². The summed E-state index contributed by atoms with van der Waals surface area (Å²) in [5.74, 6) is 0.0600. The normalized spacial score (nSPS) is 14.8. The summed E-state index contributed by atoms with van der Waals surface area (Å²) in [6.45, 7) is 4.58. The third-order valence-corrected chi connectivity index (χ3v) is 8.66. The molecule has 0 saturated carbocycles. The van der Waals surface area contributed by atoms with Gasteiger partial charge in [-0.05, 0) is 37.6 Å². The van der Waals surface area contributed by atoms with Crippen LogP contribution in [0.5, 0.6) is 0 Å². The Bertz CT molecular complexity index is 1290. The third kappa shape index (κ3) is 5.08. The maximum absolute atomic E-state index is 12.9. The van der Waals surface area contributed by atoms with Crippen LogP contribution in [0.4, 0.5) is 0 Å². The fourth-order valence-corrected chi connectivity index (χ4v) is 6.11. The molecule has 0 unspecified atom stereocenters. The Labute approximate surface area is 203 Å². The number of hydrogen-bond acceptors (Lipinski definition) is 6. The van der Waals surface area contributed by atoms with Crippen molar-refractivity contribution in [2.24, 2.45) is 0 Å². The van der Waals surface area contributed by atoms with E-state index in [1.165, 1.54) is 47.3 Å². The SMILES string of the molecule is CC(=O)c1ccc(S(=O)(=O)N2CCN(C(=O)CSc3nccn3-c3ccccc3C)CC2)cc1. The van der Waals surface area contributed by atoms with Gasteiger partial charge in [0.05, 0.1) is 16.3 Å². The quantitative estimate of drug-likeness (QED) is 0.367. The molecular weight excluding hydrogens is 472 g/mol. The standard InChI is InChI=1S/C24H26N4O4S2/c1-18-5-3-4-6-22(18)28-12-11-25-24(28)33-17-23(30)26-13-15-27(16-14-26)34(31,32)21-9-7-20(8-10-21)19(2)29/h3-12H,13-17H2,1-2H3. The van der Waals surface area contributed by atoms with Crippen molar-refractivity contribution in [3.63, 3.8) is 0 Å². The summed E-state index contributed by atoms with van der Waals surface area (Å²) in [6.07, 6.45) is 3.59. The van der Waals surface area contributed by atoms with Gasteiger partial charge in [0.2, 0.25) is 15.9 Å². The summed E-state index contributed by atoms with van der Waals surface area (Å²) in [4.78, 5) is 30.5. The van der Waals surface area contributed by atoms with Gasteiger partial charge >= 0.3 is 0 Å². The highest BCUT2D eigenvalue weighted by atomic mass is 32.2. The predicted molar refractivity (Wildman–Crippen MR) is 131 cm³/mol. The molecule has 1 aliphatic rings. The Kier molecular flexibility index (Phi) is 7.20. The second-order valence-electron chi connectivity index (χ2n) is 8.02. The van der Waals surface area contributed by atoms with Crippen LogP contribution >= 0.6 is 11.8 Å². The molecule has 1 saturated heterocycles. The molecule has 1 aliphatic heterocycles. The van der Waals surface area contributed by atoms with Gasteiger partial charge in [0.15, 0.2) is 10.9 Å². The van der Waals surface area contributed by atoms with Crippen LogP contribution in [-0.4, -0.2) is 70.8 Å². The van der Waals surface area contributed by atoms with Gasteiger partial charge in [-0.3, -0.25) is 14.2 Å². The van der Waals surface area contributed by atoms with Gasteiger partial charge in [0.25, 0.3) is 0 Å². The summed E-state index contributed by atoms with van der Waals surface area (Å²) in [5.41, 5.74) is 2.60. The molecule has 1 aromatic heterocycles. The van der Waals surface area contributed by atoms with E-state index in [2.05, 4.69) is 4.98 Å². The van der Waals surface area contributed by atoms with Crippen LogP contribution in [0.1, 0.15) is 22.8 Å². The fourth-order valence-electron chi connectivity index (χ4n) is 3.82. The van der Waals surface area contributed by atoms with Crippen LogP contribution in [0, 0.1) is 6.92 Å². The summed E-state index contributed by atoms with van der Waals surface area (Å²) in [6, 6.07) is 13.9. The van der Waals surface area contributed by atoms with E-state index in [0.717, 1.165) is 16.4 Å². The van der Waals surface area contributed by atoms with Crippen LogP contribution < -0.4 is 0 Å². The molecule has 1 fully saturated rings. The van der Waals surface area contributed by atoms with E-state index in [-0.39, 0.29) is 35.4 Å². The Morgan fingerprint density at radius 2 is 1.68 bits per heavy atom. The number of para-hydroxylation sites is 1. The Balaban J connectivity index is 1.34. The first-order valence-electron chi connectivity index (χ1n) is 10.9. The number of hydrogen-bond donors (Lipinski definition) is 0. The molecule has 2 aromatic carbocycles. The zero-order valence-electron chi connectivity index (χ0n) is 19.0. The largest absolute Gasteiger partial charge is 0.339 e. The molecule has 10 heteroatoms. The minimum atomic E-state index is -3.68. The fraction of sp³-hybridized carbons (Fsp3) is 0.292. The molecule has 1 amide bonds. The van der Waals surface area contributed by atoms with Crippen molar-refractivity contribution in [2.75, 3.05) is 31.9 Å². The highest BCUT2D eigenvalue weighted by molar-refractivity contribution is 7.99. The topological polar surface area (TPSA) is 92.6 Å². The molecule has 0 spiro atoms. The minimum absolute atomic E-state index is 0.0489. The molecule has 0 atom stereocenters. The summed E-state index contributed by atoms with van der Waals surface area (Å²) < 4.78 is 29.3. The number of amides is 1. The first kappa shape index (κ1) is 24.2. The maximum atomic E-state index is 12.9. The van der Waals surface area contributed by atoms with Crippen molar-refractivity contribution >= 4 is 33.5 Å². The van der Waals surface area contributed by atoms with E-state index in [1.54, 1.807) is 11.1 Å². The Morgan fingerprint density at radius 3 is 2.32 bits per heavy atom.